The maximum absolute atomic E-state index is 13.5. The highest BCUT2D eigenvalue weighted by molar-refractivity contribution is 5.69. The summed E-state index contributed by atoms with van der Waals surface area (Å²) < 4.78 is 45.5. The van der Waals surface area contributed by atoms with Gasteiger partial charge in [-0.25, -0.2) is 27.9 Å². The number of alkyl carbamates (subject to hydrolysis) is 1. The number of anilines is 2. The summed E-state index contributed by atoms with van der Waals surface area (Å²) in [5.74, 6) is -4.33. The molecule has 1 heterocycles. The quantitative estimate of drug-likeness (QED) is 0.430. The van der Waals surface area contributed by atoms with E-state index in [1.54, 1.807) is 32.9 Å². The maximum Gasteiger partial charge on any atom is 0.407 e. The fraction of sp³-hybridized carbons (Fsp3) is 0.280. The van der Waals surface area contributed by atoms with E-state index in [0.29, 0.717) is 17.8 Å². The summed E-state index contributed by atoms with van der Waals surface area (Å²) in [7, 11) is 0. The molecule has 1 unspecified atom stereocenters. The van der Waals surface area contributed by atoms with Crippen LogP contribution in [0, 0.1) is 28.8 Å². The van der Waals surface area contributed by atoms with Crippen LogP contribution in [0.15, 0.2) is 42.6 Å². The first kappa shape index (κ1) is 25.5. The Bertz CT molecular complexity index is 1240. The molecular weight excluding hydrogens is 459 g/mol. The first-order chi connectivity index (χ1) is 16.5. The standard InChI is InChI=1S/C25H24F3N5O2/c1-14(12-31-24(34)35-25(2,3)4)15-5-7-16(8-6-15)22-17(11-29)13-30-23(33-22)32-18-9-19(26)21(28)20(27)10-18/h5-10,13-14H,12H2,1-4H3,(H,31,34)(H,30,32,33). The largest absolute Gasteiger partial charge is 0.444 e. The van der Waals surface area contributed by atoms with Crippen LogP contribution in [0.1, 0.15) is 44.7 Å². The predicted octanol–water partition coefficient (Wildman–Crippen LogP) is 5.80. The minimum absolute atomic E-state index is 0.0158. The Hall–Kier alpha value is -4.13. The summed E-state index contributed by atoms with van der Waals surface area (Å²) in [5, 5.41) is 14.8. The van der Waals surface area contributed by atoms with Gasteiger partial charge in [0, 0.05) is 29.9 Å². The molecule has 0 radical (unpaired) electrons. The molecule has 2 N–H and O–H groups in total. The normalized spacial score (nSPS) is 11.9. The van der Waals surface area contributed by atoms with Crippen LogP contribution < -0.4 is 10.6 Å². The van der Waals surface area contributed by atoms with Crippen LogP contribution in [0.4, 0.5) is 29.6 Å². The van der Waals surface area contributed by atoms with Gasteiger partial charge >= 0.3 is 6.09 Å². The second-order valence-corrected chi connectivity index (χ2v) is 8.85. The van der Waals surface area contributed by atoms with Gasteiger partial charge in [-0.3, -0.25) is 0 Å². The lowest BCUT2D eigenvalue weighted by Crippen LogP contribution is -2.34. The monoisotopic (exact) mass is 483 g/mol. The van der Waals surface area contributed by atoms with Crippen LogP contribution in [0.25, 0.3) is 11.3 Å². The summed E-state index contributed by atoms with van der Waals surface area (Å²) in [6, 6.07) is 10.8. The van der Waals surface area contributed by atoms with Crippen molar-refractivity contribution in [3.05, 3.63) is 71.2 Å². The van der Waals surface area contributed by atoms with Crippen LogP contribution in [-0.2, 0) is 4.74 Å². The highest BCUT2D eigenvalue weighted by Gasteiger charge is 2.17. The van der Waals surface area contributed by atoms with E-state index >= 15 is 0 Å². The van der Waals surface area contributed by atoms with Gasteiger partial charge < -0.3 is 15.4 Å². The van der Waals surface area contributed by atoms with Gasteiger partial charge in [-0.05, 0) is 32.3 Å². The van der Waals surface area contributed by atoms with Crippen molar-refractivity contribution >= 4 is 17.7 Å². The van der Waals surface area contributed by atoms with Crippen molar-refractivity contribution < 1.29 is 22.7 Å². The van der Waals surface area contributed by atoms with E-state index in [1.807, 2.05) is 25.1 Å². The third-order valence-corrected chi connectivity index (χ3v) is 4.85. The third-order valence-electron chi connectivity index (χ3n) is 4.85. The highest BCUT2D eigenvalue weighted by atomic mass is 19.2. The molecule has 1 amide bonds. The summed E-state index contributed by atoms with van der Waals surface area (Å²) in [4.78, 5) is 20.2. The molecule has 1 atom stereocenters. The SMILES string of the molecule is CC(CNC(=O)OC(C)(C)C)c1ccc(-c2nc(Nc3cc(F)c(F)c(F)c3)ncc2C#N)cc1. The van der Waals surface area contributed by atoms with Crippen LogP contribution >= 0.6 is 0 Å². The average molecular weight is 483 g/mol. The van der Waals surface area contributed by atoms with Crippen molar-refractivity contribution in [3.63, 3.8) is 0 Å². The Morgan fingerprint density at radius 1 is 1.14 bits per heavy atom. The number of hydrogen-bond donors (Lipinski definition) is 2. The molecule has 3 rings (SSSR count). The number of ether oxygens (including phenoxy) is 1. The molecule has 0 fully saturated rings. The van der Waals surface area contributed by atoms with E-state index in [9.17, 15) is 23.2 Å². The predicted molar refractivity (Wildman–Crippen MR) is 124 cm³/mol. The van der Waals surface area contributed by atoms with Gasteiger partial charge in [-0.1, -0.05) is 31.2 Å². The van der Waals surface area contributed by atoms with E-state index in [2.05, 4.69) is 20.6 Å². The van der Waals surface area contributed by atoms with Crippen molar-refractivity contribution in [2.24, 2.45) is 0 Å². The van der Waals surface area contributed by atoms with Gasteiger partial charge in [-0.2, -0.15) is 5.26 Å². The molecule has 0 aliphatic heterocycles. The number of hydrogen-bond acceptors (Lipinski definition) is 6. The molecule has 0 saturated heterocycles. The Kier molecular flexibility index (Phi) is 7.59. The van der Waals surface area contributed by atoms with Crippen LogP contribution in [0.5, 0.6) is 0 Å². The fourth-order valence-electron chi connectivity index (χ4n) is 3.14. The number of nitriles is 1. The van der Waals surface area contributed by atoms with E-state index in [0.717, 1.165) is 17.7 Å². The molecule has 0 spiro atoms. The molecule has 7 nitrogen and oxygen atoms in total. The molecule has 10 heteroatoms. The van der Waals surface area contributed by atoms with E-state index in [1.165, 1.54) is 6.20 Å². The number of nitrogens with one attached hydrogen (secondary N) is 2. The lowest BCUT2D eigenvalue weighted by atomic mass is 9.98. The summed E-state index contributed by atoms with van der Waals surface area (Å²) in [5.41, 5.74) is 1.38. The number of rotatable bonds is 6. The molecule has 35 heavy (non-hydrogen) atoms. The Balaban J connectivity index is 1.77. The Morgan fingerprint density at radius 3 is 2.34 bits per heavy atom. The smallest absolute Gasteiger partial charge is 0.407 e. The van der Waals surface area contributed by atoms with Gasteiger partial charge in [-0.15, -0.1) is 0 Å². The highest BCUT2D eigenvalue weighted by Crippen LogP contribution is 2.26. The molecule has 182 valence electrons. The van der Waals surface area contributed by atoms with E-state index in [4.69, 9.17) is 4.74 Å². The summed E-state index contributed by atoms with van der Waals surface area (Å²) >= 11 is 0. The number of amides is 1. The summed E-state index contributed by atoms with van der Waals surface area (Å²) in [6.45, 7) is 7.67. The number of benzene rings is 2. The fourth-order valence-corrected chi connectivity index (χ4v) is 3.14. The van der Waals surface area contributed by atoms with E-state index in [-0.39, 0.29) is 23.1 Å². The van der Waals surface area contributed by atoms with Crippen LogP contribution in [-0.4, -0.2) is 28.2 Å². The molecular formula is C25H24F3N5O2. The molecule has 2 aromatic carbocycles. The number of carbonyl (C=O) groups excluding carboxylic acids is 1. The molecule has 0 bridgehead atoms. The minimum atomic E-state index is -1.58. The molecule has 0 aliphatic rings. The van der Waals surface area contributed by atoms with Crippen LogP contribution in [0.2, 0.25) is 0 Å². The number of carbonyl (C=O) groups is 1. The molecule has 0 aliphatic carbocycles. The zero-order chi connectivity index (χ0) is 25.8. The Morgan fingerprint density at radius 2 is 1.77 bits per heavy atom. The van der Waals surface area contributed by atoms with Gasteiger partial charge in [0.1, 0.15) is 11.7 Å². The van der Waals surface area contributed by atoms with Crippen molar-refractivity contribution in [3.8, 4) is 17.3 Å². The lowest BCUT2D eigenvalue weighted by molar-refractivity contribution is 0.0525. The Labute approximate surface area is 201 Å². The number of halogens is 3. The minimum Gasteiger partial charge on any atom is -0.444 e. The van der Waals surface area contributed by atoms with Gasteiger partial charge in [0.2, 0.25) is 5.95 Å². The van der Waals surface area contributed by atoms with Crippen LogP contribution in [0.3, 0.4) is 0 Å². The number of nitrogens with zero attached hydrogens (tertiary/aromatic N) is 3. The summed E-state index contributed by atoms with van der Waals surface area (Å²) in [6.07, 6.45) is 0.781. The van der Waals surface area contributed by atoms with Crippen molar-refractivity contribution in [1.82, 2.24) is 15.3 Å². The van der Waals surface area contributed by atoms with Gasteiger partial charge in [0.25, 0.3) is 0 Å². The second kappa shape index (κ2) is 10.4. The topological polar surface area (TPSA) is 99.9 Å². The van der Waals surface area contributed by atoms with Crippen molar-refractivity contribution in [2.45, 2.75) is 39.2 Å². The molecule has 1 aromatic heterocycles. The number of aromatic nitrogens is 2. The third kappa shape index (κ3) is 6.69. The second-order valence-electron chi connectivity index (χ2n) is 8.85. The zero-order valence-corrected chi connectivity index (χ0v) is 19.6. The maximum atomic E-state index is 13.5. The first-order valence-corrected chi connectivity index (χ1v) is 10.7. The van der Waals surface area contributed by atoms with E-state index < -0.39 is 29.1 Å². The van der Waals surface area contributed by atoms with Gasteiger partial charge in [0.15, 0.2) is 17.5 Å². The van der Waals surface area contributed by atoms with Crippen molar-refractivity contribution in [1.29, 1.82) is 5.26 Å². The zero-order valence-electron chi connectivity index (χ0n) is 19.6. The molecule has 3 aromatic rings. The van der Waals surface area contributed by atoms with Gasteiger partial charge in [0.05, 0.1) is 17.5 Å². The molecule has 0 saturated carbocycles. The lowest BCUT2D eigenvalue weighted by Gasteiger charge is -2.21. The average Bonchev–Trinajstić information content (AvgIpc) is 2.80. The van der Waals surface area contributed by atoms with Crippen molar-refractivity contribution in [2.75, 3.05) is 11.9 Å². The first-order valence-electron chi connectivity index (χ1n) is 10.7.